The fourth-order valence-corrected chi connectivity index (χ4v) is 2.69. The van der Waals surface area contributed by atoms with Gasteiger partial charge in [-0.3, -0.25) is 4.79 Å². The number of likely N-dealkylation sites (tertiary alicyclic amines) is 1. The molecule has 0 bridgehead atoms. The van der Waals surface area contributed by atoms with Crippen molar-refractivity contribution in [1.82, 2.24) is 4.90 Å². The molecule has 1 aromatic rings. The number of hydrogen-bond donors (Lipinski definition) is 1. The van der Waals surface area contributed by atoms with Crippen molar-refractivity contribution in [3.05, 3.63) is 35.4 Å². The largest absolute Gasteiger partial charge is 0.481 e. The first-order valence-corrected chi connectivity index (χ1v) is 6.37. The van der Waals surface area contributed by atoms with Gasteiger partial charge >= 0.3 is 12.1 Å². The van der Waals surface area contributed by atoms with Crippen LogP contribution in [0.15, 0.2) is 24.3 Å². The van der Waals surface area contributed by atoms with Crippen molar-refractivity contribution in [2.75, 3.05) is 20.1 Å². The molecule has 1 N–H and O–H groups in total. The maximum absolute atomic E-state index is 12.7. The Balaban J connectivity index is 2.34. The molecule has 0 saturated carbocycles. The summed E-state index contributed by atoms with van der Waals surface area (Å²) >= 11 is 0. The quantitative estimate of drug-likeness (QED) is 0.909. The van der Waals surface area contributed by atoms with E-state index in [1.165, 1.54) is 6.07 Å². The average Bonchev–Trinajstić information content (AvgIpc) is 2.37. The van der Waals surface area contributed by atoms with Gasteiger partial charge in [-0.05, 0) is 31.6 Å². The van der Waals surface area contributed by atoms with Crippen LogP contribution >= 0.6 is 0 Å². The summed E-state index contributed by atoms with van der Waals surface area (Å²) in [4.78, 5) is 13.2. The van der Waals surface area contributed by atoms with Gasteiger partial charge in [-0.25, -0.2) is 0 Å². The van der Waals surface area contributed by atoms with Crippen molar-refractivity contribution in [2.24, 2.45) is 5.92 Å². The molecule has 2 rings (SSSR count). The Bertz CT molecular complexity index is 501. The Labute approximate surface area is 115 Å². The van der Waals surface area contributed by atoms with E-state index >= 15 is 0 Å². The smallest absolute Gasteiger partial charge is 0.416 e. The number of benzene rings is 1. The number of carboxylic acid groups (broad SMARTS) is 1. The van der Waals surface area contributed by atoms with Gasteiger partial charge < -0.3 is 10.0 Å². The van der Waals surface area contributed by atoms with Crippen LogP contribution in [0.4, 0.5) is 13.2 Å². The number of alkyl halides is 3. The topological polar surface area (TPSA) is 40.5 Å². The third-order valence-electron chi connectivity index (χ3n) is 3.78. The predicted octanol–water partition coefficient (Wildman–Crippen LogP) is 2.83. The fourth-order valence-electron chi connectivity index (χ4n) is 2.69. The molecule has 0 radical (unpaired) electrons. The van der Waals surface area contributed by atoms with Gasteiger partial charge in [-0.1, -0.05) is 18.2 Å². The first kappa shape index (κ1) is 14.8. The summed E-state index contributed by atoms with van der Waals surface area (Å²) in [5.41, 5.74) is -0.286. The molecule has 0 spiro atoms. The summed E-state index contributed by atoms with van der Waals surface area (Å²) in [6.45, 7) is 1.10. The van der Waals surface area contributed by atoms with E-state index in [0.29, 0.717) is 25.1 Å². The van der Waals surface area contributed by atoms with Gasteiger partial charge in [-0.2, -0.15) is 13.2 Å². The minimum Gasteiger partial charge on any atom is -0.481 e. The number of carboxylic acids is 1. The molecule has 2 unspecified atom stereocenters. The minimum atomic E-state index is -4.41. The van der Waals surface area contributed by atoms with Crippen molar-refractivity contribution in [2.45, 2.75) is 18.5 Å². The van der Waals surface area contributed by atoms with E-state index in [2.05, 4.69) is 0 Å². The zero-order chi connectivity index (χ0) is 14.9. The molecular formula is C14H16F3NO2. The highest BCUT2D eigenvalue weighted by atomic mass is 19.4. The lowest BCUT2D eigenvalue weighted by atomic mass is 9.80. The molecule has 0 aliphatic carbocycles. The fraction of sp³-hybridized carbons (Fsp3) is 0.500. The number of piperidine rings is 1. The minimum absolute atomic E-state index is 0.409. The molecule has 1 aliphatic heterocycles. The number of nitrogens with zero attached hydrogens (tertiary/aromatic N) is 1. The van der Waals surface area contributed by atoms with E-state index in [-0.39, 0.29) is 0 Å². The maximum atomic E-state index is 12.7. The molecule has 3 nitrogen and oxygen atoms in total. The van der Waals surface area contributed by atoms with Gasteiger partial charge in [-0.15, -0.1) is 0 Å². The first-order valence-electron chi connectivity index (χ1n) is 6.37. The molecule has 2 atom stereocenters. The van der Waals surface area contributed by atoms with E-state index < -0.39 is 29.5 Å². The highest BCUT2D eigenvalue weighted by Crippen LogP contribution is 2.36. The summed E-state index contributed by atoms with van der Waals surface area (Å²) in [5, 5.41) is 9.24. The number of hydrogen-bond acceptors (Lipinski definition) is 2. The van der Waals surface area contributed by atoms with Crippen LogP contribution in [0.25, 0.3) is 0 Å². The van der Waals surface area contributed by atoms with Crippen molar-refractivity contribution in [3.63, 3.8) is 0 Å². The molecule has 0 amide bonds. The van der Waals surface area contributed by atoms with Crippen molar-refractivity contribution >= 4 is 5.97 Å². The number of rotatable bonds is 2. The standard InChI is InChI=1S/C14H16F3NO2/c1-18-6-5-11(13(19)20)12(8-18)9-3-2-4-10(7-9)14(15,16)17/h2-4,7,11-12H,5-6,8H2,1H3,(H,19,20). The molecule has 6 heteroatoms. The predicted molar refractivity (Wildman–Crippen MR) is 67.4 cm³/mol. The molecule has 1 aliphatic rings. The van der Waals surface area contributed by atoms with E-state index in [9.17, 15) is 23.1 Å². The number of aliphatic carboxylic acids is 1. The summed E-state index contributed by atoms with van der Waals surface area (Å²) in [6.07, 6.45) is -3.96. The van der Waals surface area contributed by atoms with Gasteiger partial charge in [0.1, 0.15) is 0 Å². The van der Waals surface area contributed by atoms with Crippen LogP contribution in [-0.4, -0.2) is 36.1 Å². The Morgan fingerprint density at radius 1 is 1.40 bits per heavy atom. The van der Waals surface area contributed by atoms with E-state index in [1.54, 1.807) is 6.07 Å². The molecular weight excluding hydrogens is 271 g/mol. The Hall–Kier alpha value is -1.56. The van der Waals surface area contributed by atoms with Crippen molar-refractivity contribution in [1.29, 1.82) is 0 Å². The third-order valence-corrected chi connectivity index (χ3v) is 3.78. The summed E-state index contributed by atoms with van der Waals surface area (Å²) in [6, 6.07) is 4.99. The second-order valence-corrected chi connectivity index (χ2v) is 5.23. The molecule has 1 saturated heterocycles. The second kappa shape index (κ2) is 5.44. The van der Waals surface area contributed by atoms with Gasteiger partial charge in [0.25, 0.3) is 0 Å². The van der Waals surface area contributed by atoms with Gasteiger partial charge in [0.15, 0.2) is 0 Å². The Morgan fingerprint density at radius 3 is 2.70 bits per heavy atom. The van der Waals surface area contributed by atoms with Crippen molar-refractivity contribution < 1.29 is 23.1 Å². The molecule has 0 aromatic heterocycles. The monoisotopic (exact) mass is 287 g/mol. The average molecular weight is 287 g/mol. The second-order valence-electron chi connectivity index (χ2n) is 5.23. The number of carbonyl (C=O) groups is 1. The molecule has 110 valence electrons. The lowest BCUT2D eigenvalue weighted by Crippen LogP contribution is -2.40. The first-order chi connectivity index (χ1) is 9.29. The van der Waals surface area contributed by atoms with Crippen LogP contribution in [-0.2, 0) is 11.0 Å². The van der Waals surface area contributed by atoms with E-state index in [0.717, 1.165) is 12.1 Å². The molecule has 1 fully saturated rings. The van der Waals surface area contributed by atoms with Crippen LogP contribution in [0.3, 0.4) is 0 Å². The van der Waals surface area contributed by atoms with Crippen LogP contribution in [0.5, 0.6) is 0 Å². The highest BCUT2D eigenvalue weighted by molar-refractivity contribution is 5.71. The van der Waals surface area contributed by atoms with E-state index in [4.69, 9.17) is 0 Å². The van der Waals surface area contributed by atoms with Crippen LogP contribution in [0.1, 0.15) is 23.5 Å². The SMILES string of the molecule is CN1CCC(C(=O)O)C(c2cccc(C(F)(F)F)c2)C1. The zero-order valence-corrected chi connectivity index (χ0v) is 11.0. The summed E-state index contributed by atoms with van der Waals surface area (Å²) in [5.74, 6) is -1.98. The van der Waals surface area contributed by atoms with Gasteiger partial charge in [0.2, 0.25) is 0 Å². The maximum Gasteiger partial charge on any atom is 0.416 e. The van der Waals surface area contributed by atoms with Gasteiger partial charge in [0.05, 0.1) is 11.5 Å². The Kier molecular flexibility index (Phi) is 4.04. The van der Waals surface area contributed by atoms with Crippen molar-refractivity contribution in [3.8, 4) is 0 Å². The lowest BCUT2D eigenvalue weighted by Gasteiger charge is -2.35. The number of likely N-dealkylation sites (N-methyl/N-ethyl adjacent to an activating group) is 1. The summed E-state index contributed by atoms with van der Waals surface area (Å²) in [7, 11) is 1.85. The summed E-state index contributed by atoms with van der Waals surface area (Å²) < 4.78 is 38.2. The van der Waals surface area contributed by atoms with E-state index in [1.807, 2.05) is 11.9 Å². The van der Waals surface area contributed by atoms with Crippen LogP contribution in [0, 0.1) is 5.92 Å². The highest BCUT2D eigenvalue weighted by Gasteiger charge is 2.36. The van der Waals surface area contributed by atoms with Crippen LogP contribution in [0.2, 0.25) is 0 Å². The van der Waals surface area contributed by atoms with Gasteiger partial charge in [0, 0.05) is 12.5 Å². The molecule has 1 aromatic carbocycles. The normalized spacial score (nSPS) is 24.6. The lowest BCUT2D eigenvalue weighted by molar-refractivity contribution is -0.144. The molecule has 1 heterocycles. The Morgan fingerprint density at radius 2 is 2.10 bits per heavy atom. The third kappa shape index (κ3) is 3.12. The molecule has 20 heavy (non-hydrogen) atoms. The number of halogens is 3. The van der Waals surface area contributed by atoms with Crippen LogP contribution < -0.4 is 0 Å². The zero-order valence-electron chi connectivity index (χ0n) is 11.0.